The Morgan fingerprint density at radius 2 is 1.71 bits per heavy atom. The van der Waals surface area contributed by atoms with Crippen molar-refractivity contribution in [1.29, 1.82) is 0 Å². The maximum Gasteiger partial charge on any atom is 0.140 e. The lowest BCUT2D eigenvalue weighted by molar-refractivity contribution is -0.135. The first-order chi connectivity index (χ1) is 10.1. The average Bonchev–Trinajstić information content (AvgIpc) is 2.40. The molecular formula is C19H23FO. The van der Waals surface area contributed by atoms with E-state index in [9.17, 15) is 9.18 Å². The van der Waals surface area contributed by atoms with E-state index in [0.29, 0.717) is 30.0 Å². The van der Waals surface area contributed by atoms with Crippen molar-refractivity contribution in [1.82, 2.24) is 0 Å². The third-order valence-corrected chi connectivity index (χ3v) is 6.27. The van der Waals surface area contributed by atoms with Crippen molar-refractivity contribution in [3.8, 4) is 0 Å². The van der Waals surface area contributed by atoms with Crippen molar-refractivity contribution in [3.63, 3.8) is 0 Å². The van der Waals surface area contributed by atoms with Gasteiger partial charge in [-0.3, -0.25) is 4.79 Å². The molecule has 0 saturated heterocycles. The molecule has 2 heteroatoms. The number of halogens is 1. The highest BCUT2D eigenvalue weighted by Crippen LogP contribution is 2.56. The molecule has 1 aromatic rings. The topological polar surface area (TPSA) is 17.1 Å². The molecule has 0 spiro atoms. The first-order valence-electron chi connectivity index (χ1n) is 8.38. The number of hydrogen-bond acceptors (Lipinski definition) is 1. The molecule has 4 bridgehead atoms. The predicted octanol–water partition coefficient (Wildman–Crippen LogP) is 4.32. The first kappa shape index (κ1) is 13.5. The van der Waals surface area contributed by atoms with Gasteiger partial charge in [0.1, 0.15) is 11.6 Å². The van der Waals surface area contributed by atoms with Crippen LogP contribution in [-0.2, 0) is 11.2 Å². The molecule has 4 saturated carbocycles. The summed E-state index contributed by atoms with van der Waals surface area (Å²) in [5.41, 5.74) is 1.92. The van der Waals surface area contributed by atoms with Crippen molar-refractivity contribution in [2.75, 3.05) is 0 Å². The fourth-order valence-corrected chi connectivity index (χ4v) is 5.61. The SMILES string of the molecule is Cc1cc(F)ccc1CC(=O)C1C2CC3CC(C2)CC1C3. The fraction of sp³-hybridized carbons (Fsp3) is 0.632. The lowest BCUT2D eigenvalue weighted by Gasteiger charge is -2.53. The highest BCUT2D eigenvalue weighted by molar-refractivity contribution is 5.84. The van der Waals surface area contributed by atoms with Crippen LogP contribution < -0.4 is 0 Å². The Kier molecular flexibility index (Phi) is 3.16. The third kappa shape index (κ3) is 2.33. The normalized spacial score (nSPS) is 37.0. The first-order valence-corrected chi connectivity index (χ1v) is 8.38. The summed E-state index contributed by atoms with van der Waals surface area (Å²) in [6.45, 7) is 1.91. The molecule has 1 aromatic carbocycles. The van der Waals surface area contributed by atoms with E-state index in [0.717, 1.165) is 23.0 Å². The van der Waals surface area contributed by atoms with Crippen LogP contribution in [0.2, 0.25) is 0 Å². The van der Waals surface area contributed by atoms with Crippen molar-refractivity contribution >= 4 is 5.78 Å². The maximum absolute atomic E-state index is 13.2. The summed E-state index contributed by atoms with van der Waals surface area (Å²) in [6.07, 6.45) is 7.05. The molecule has 1 nitrogen and oxygen atoms in total. The van der Waals surface area contributed by atoms with E-state index in [2.05, 4.69) is 0 Å². The van der Waals surface area contributed by atoms with Crippen LogP contribution in [0.1, 0.15) is 43.2 Å². The highest BCUT2D eigenvalue weighted by Gasteiger charge is 2.50. The molecule has 0 N–H and O–H groups in total. The molecule has 0 radical (unpaired) electrons. The van der Waals surface area contributed by atoms with Gasteiger partial charge < -0.3 is 0 Å². The second-order valence-corrected chi connectivity index (χ2v) is 7.67. The van der Waals surface area contributed by atoms with E-state index >= 15 is 0 Å². The number of rotatable bonds is 3. The molecule has 4 fully saturated rings. The van der Waals surface area contributed by atoms with E-state index in [1.165, 1.54) is 38.2 Å². The zero-order valence-corrected chi connectivity index (χ0v) is 12.6. The van der Waals surface area contributed by atoms with E-state index in [4.69, 9.17) is 0 Å². The Morgan fingerprint density at radius 3 is 2.29 bits per heavy atom. The van der Waals surface area contributed by atoms with Gasteiger partial charge in [-0.15, -0.1) is 0 Å². The maximum atomic E-state index is 13.2. The molecule has 4 aliphatic carbocycles. The molecule has 21 heavy (non-hydrogen) atoms. The van der Waals surface area contributed by atoms with Crippen LogP contribution in [-0.4, -0.2) is 5.78 Å². The van der Waals surface area contributed by atoms with Gasteiger partial charge in [0.2, 0.25) is 0 Å². The Bertz CT molecular complexity index is 549. The lowest BCUT2D eigenvalue weighted by Crippen LogP contribution is -2.48. The van der Waals surface area contributed by atoms with Crippen LogP contribution in [0.3, 0.4) is 0 Å². The number of carbonyl (C=O) groups is 1. The number of aryl methyl sites for hydroxylation is 1. The Labute approximate surface area is 125 Å². The van der Waals surface area contributed by atoms with Crippen molar-refractivity contribution in [2.45, 2.75) is 45.4 Å². The van der Waals surface area contributed by atoms with Crippen LogP contribution in [0.4, 0.5) is 4.39 Å². The van der Waals surface area contributed by atoms with Gasteiger partial charge in [0.25, 0.3) is 0 Å². The molecule has 0 unspecified atom stereocenters. The molecule has 0 heterocycles. The predicted molar refractivity (Wildman–Crippen MR) is 80.4 cm³/mol. The Hall–Kier alpha value is -1.18. The number of Topliss-reactive ketones (excluding diaryl/α,β-unsaturated/α-hetero) is 1. The van der Waals surface area contributed by atoms with Crippen LogP contribution in [0.15, 0.2) is 18.2 Å². The molecule has 0 atom stereocenters. The van der Waals surface area contributed by atoms with Crippen molar-refractivity contribution in [2.24, 2.45) is 29.6 Å². The highest BCUT2D eigenvalue weighted by atomic mass is 19.1. The van der Waals surface area contributed by atoms with E-state index < -0.39 is 0 Å². The lowest BCUT2D eigenvalue weighted by atomic mass is 9.51. The average molecular weight is 286 g/mol. The molecule has 0 amide bonds. The molecule has 4 aliphatic rings. The summed E-state index contributed by atoms with van der Waals surface area (Å²) in [7, 11) is 0. The van der Waals surface area contributed by atoms with Gasteiger partial charge >= 0.3 is 0 Å². The second kappa shape index (κ2) is 4.93. The molecular weight excluding hydrogens is 263 g/mol. The van der Waals surface area contributed by atoms with Crippen LogP contribution in [0, 0.1) is 42.3 Å². The minimum atomic E-state index is -0.210. The summed E-state index contributed by atoms with van der Waals surface area (Å²) >= 11 is 0. The fourth-order valence-electron chi connectivity index (χ4n) is 5.61. The zero-order chi connectivity index (χ0) is 14.6. The van der Waals surface area contributed by atoms with E-state index in [-0.39, 0.29) is 5.82 Å². The van der Waals surface area contributed by atoms with Gasteiger partial charge in [-0.1, -0.05) is 6.07 Å². The molecule has 0 aliphatic heterocycles. The monoisotopic (exact) mass is 286 g/mol. The molecule has 5 rings (SSSR count). The number of ketones is 1. The Morgan fingerprint density at radius 1 is 1.10 bits per heavy atom. The number of benzene rings is 1. The standard InChI is InChI=1S/C19H23FO/c1-11-4-17(20)3-2-14(11)10-18(21)19-15-6-12-5-13(8-15)9-16(19)7-12/h2-4,12-13,15-16,19H,5-10H2,1H3. The van der Waals surface area contributed by atoms with Gasteiger partial charge in [0, 0.05) is 12.3 Å². The van der Waals surface area contributed by atoms with Gasteiger partial charge in [0.05, 0.1) is 0 Å². The van der Waals surface area contributed by atoms with Crippen LogP contribution in [0.25, 0.3) is 0 Å². The van der Waals surface area contributed by atoms with Gasteiger partial charge in [-0.2, -0.15) is 0 Å². The molecule has 112 valence electrons. The van der Waals surface area contributed by atoms with E-state index in [1.807, 2.05) is 6.92 Å². The quantitative estimate of drug-likeness (QED) is 0.809. The minimum Gasteiger partial charge on any atom is -0.299 e. The van der Waals surface area contributed by atoms with Crippen LogP contribution in [0.5, 0.6) is 0 Å². The van der Waals surface area contributed by atoms with Gasteiger partial charge in [0.15, 0.2) is 0 Å². The van der Waals surface area contributed by atoms with Crippen molar-refractivity contribution < 1.29 is 9.18 Å². The zero-order valence-electron chi connectivity index (χ0n) is 12.6. The largest absolute Gasteiger partial charge is 0.299 e. The van der Waals surface area contributed by atoms with E-state index in [1.54, 1.807) is 12.1 Å². The summed E-state index contributed by atoms with van der Waals surface area (Å²) in [6, 6.07) is 4.81. The molecule has 0 aromatic heterocycles. The smallest absolute Gasteiger partial charge is 0.140 e. The van der Waals surface area contributed by atoms with Gasteiger partial charge in [-0.25, -0.2) is 4.39 Å². The van der Waals surface area contributed by atoms with Crippen molar-refractivity contribution in [3.05, 3.63) is 35.1 Å². The summed E-state index contributed by atoms with van der Waals surface area (Å²) in [5.74, 6) is 3.61. The summed E-state index contributed by atoms with van der Waals surface area (Å²) in [5, 5.41) is 0. The minimum absolute atomic E-state index is 0.210. The van der Waals surface area contributed by atoms with Gasteiger partial charge in [-0.05, 0) is 86.0 Å². The number of hydrogen-bond donors (Lipinski definition) is 0. The second-order valence-electron chi connectivity index (χ2n) is 7.67. The number of carbonyl (C=O) groups excluding carboxylic acids is 1. The summed E-state index contributed by atoms with van der Waals surface area (Å²) < 4.78 is 13.2. The third-order valence-electron chi connectivity index (χ3n) is 6.27. The summed E-state index contributed by atoms with van der Waals surface area (Å²) in [4.78, 5) is 12.8. The Balaban J connectivity index is 1.52. The van der Waals surface area contributed by atoms with Crippen LogP contribution >= 0.6 is 0 Å².